The summed E-state index contributed by atoms with van der Waals surface area (Å²) in [7, 11) is 0. The first-order chi connectivity index (χ1) is 7.79. The lowest BCUT2D eigenvalue weighted by Gasteiger charge is -2.01. The average Bonchev–Trinajstić information content (AvgIpc) is 2.32. The summed E-state index contributed by atoms with van der Waals surface area (Å²) in [5.74, 6) is 0.750. The molecule has 0 atom stereocenters. The molecular weight excluding hydrogens is 264 g/mol. The van der Waals surface area contributed by atoms with Crippen LogP contribution in [-0.2, 0) is 6.42 Å². The minimum Gasteiger partial charge on any atom is -0.236 e. The van der Waals surface area contributed by atoms with Crippen LogP contribution in [-0.4, -0.2) is 9.97 Å². The summed E-state index contributed by atoms with van der Waals surface area (Å²) in [6.07, 6.45) is 6.33. The molecule has 0 N–H and O–H groups in total. The summed E-state index contributed by atoms with van der Waals surface area (Å²) in [6.45, 7) is 3.69. The molecule has 0 amide bonds. The van der Waals surface area contributed by atoms with Gasteiger partial charge in [0.2, 0.25) is 0 Å². The third-order valence-corrected chi connectivity index (χ3v) is 2.72. The second-order valence-corrected chi connectivity index (χ2v) is 4.33. The van der Waals surface area contributed by atoms with Crippen LogP contribution in [0.25, 0.3) is 11.4 Å². The zero-order valence-electron chi connectivity index (χ0n) is 8.73. The number of rotatable bonds is 3. The molecule has 0 aliphatic carbocycles. The molecule has 0 aliphatic heterocycles. The molecule has 2 nitrogen and oxygen atoms in total. The van der Waals surface area contributed by atoms with Crippen molar-refractivity contribution < 1.29 is 0 Å². The van der Waals surface area contributed by atoms with Gasteiger partial charge in [-0.05, 0) is 24.1 Å². The fourth-order valence-corrected chi connectivity index (χ4v) is 1.64. The maximum absolute atomic E-state index is 4.32. The number of benzene rings is 1. The maximum Gasteiger partial charge on any atom is 0.159 e. The lowest BCUT2D eigenvalue weighted by molar-refractivity contribution is 1.10. The monoisotopic (exact) mass is 274 g/mol. The van der Waals surface area contributed by atoms with Gasteiger partial charge < -0.3 is 0 Å². The van der Waals surface area contributed by atoms with E-state index in [1.165, 1.54) is 0 Å². The molecule has 0 bridgehead atoms. The summed E-state index contributed by atoms with van der Waals surface area (Å²) in [6, 6.07) is 7.95. The Morgan fingerprint density at radius 1 is 1.12 bits per heavy atom. The normalized spacial score (nSPS) is 10.1. The molecule has 2 aromatic rings. The van der Waals surface area contributed by atoms with Crippen molar-refractivity contribution in [3.05, 3.63) is 59.4 Å². The molecule has 3 heteroatoms. The van der Waals surface area contributed by atoms with Crippen molar-refractivity contribution >= 4 is 15.9 Å². The van der Waals surface area contributed by atoms with Gasteiger partial charge in [-0.15, -0.1) is 6.58 Å². The molecule has 16 heavy (non-hydrogen) atoms. The Morgan fingerprint density at radius 3 is 2.31 bits per heavy atom. The molecule has 1 aromatic carbocycles. The molecule has 0 saturated carbocycles. The summed E-state index contributed by atoms with van der Waals surface area (Å²) in [4.78, 5) is 8.65. The van der Waals surface area contributed by atoms with Crippen LogP contribution in [0.2, 0.25) is 0 Å². The Labute approximate surface area is 103 Å². The molecule has 0 unspecified atom stereocenters. The predicted molar refractivity (Wildman–Crippen MR) is 69.1 cm³/mol. The molecule has 0 fully saturated rings. The summed E-state index contributed by atoms with van der Waals surface area (Å²) >= 11 is 3.40. The van der Waals surface area contributed by atoms with Crippen LogP contribution in [0, 0.1) is 0 Å². The van der Waals surface area contributed by atoms with E-state index in [1.54, 1.807) is 0 Å². The van der Waals surface area contributed by atoms with Crippen molar-refractivity contribution in [2.24, 2.45) is 0 Å². The van der Waals surface area contributed by atoms with Gasteiger partial charge in [-0.1, -0.05) is 34.1 Å². The lowest BCUT2D eigenvalue weighted by atomic mass is 10.2. The van der Waals surface area contributed by atoms with E-state index in [4.69, 9.17) is 0 Å². The van der Waals surface area contributed by atoms with Crippen molar-refractivity contribution in [3.8, 4) is 11.4 Å². The van der Waals surface area contributed by atoms with Crippen LogP contribution >= 0.6 is 15.9 Å². The van der Waals surface area contributed by atoms with Gasteiger partial charge in [0.1, 0.15) is 0 Å². The van der Waals surface area contributed by atoms with Crippen molar-refractivity contribution in [3.63, 3.8) is 0 Å². The minimum atomic E-state index is 0.750. The van der Waals surface area contributed by atoms with Crippen molar-refractivity contribution in [2.45, 2.75) is 6.42 Å². The van der Waals surface area contributed by atoms with Gasteiger partial charge in [0.25, 0.3) is 0 Å². The lowest BCUT2D eigenvalue weighted by Crippen LogP contribution is -1.91. The molecule has 80 valence electrons. The second kappa shape index (κ2) is 5.03. The van der Waals surface area contributed by atoms with Crippen molar-refractivity contribution in [2.75, 3.05) is 0 Å². The first kappa shape index (κ1) is 11.0. The second-order valence-electron chi connectivity index (χ2n) is 3.41. The van der Waals surface area contributed by atoms with Gasteiger partial charge >= 0.3 is 0 Å². The average molecular weight is 275 g/mol. The molecule has 2 rings (SSSR count). The molecule has 0 saturated heterocycles. The minimum absolute atomic E-state index is 0.750. The smallest absolute Gasteiger partial charge is 0.159 e. The van der Waals surface area contributed by atoms with E-state index in [-0.39, 0.29) is 0 Å². The van der Waals surface area contributed by atoms with Gasteiger partial charge in [0.15, 0.2) is 5.82 Å². The van der Waals surface area contributed by atoms with E-state index < -0.39 is 0 Å². The predicted octanol–water partition coefficient (Wildman–Crippen LogP) is 3.63. The Kier molecular flexibility index (Phi) is 3.47. The van der Waals surface area contributed by atoms with E-state index in [9.17, 15) is 0 Å². The molecule has 0 spiro atoms. The van der Waals surface area contributed by atoms with Crippen LogP contribution in [0.4, 0.5) is 0 Å². The SMILES string of the molecule is C=CCc1cnc(-c2ccc(Br)cc2)nc1. The number of halogens is 1. The Bertz CT molecular complexity index is 474. The van der Waals surface area contributed by atoms with E-state index >= 15 is 0 Å². The first-order valence-electron chi connectivity index (χ1n) is 4.97. The van der Waals surface area contributed by atoms with Crippen LogP contribution in [0.3, 0.4) is 0 Å². The Hall–Kier alpha value is -1.48. The van der Waals surface area contributed by atoms with Gasteiger partial charge in [-0.25, -0.2) is 9.97 Å². The maximum atomic E-state index is 4.32. The topological polar surface area (TPSA) is 25.8 Å². The summed E-state index contributed by atoms with van der Waals surface area (Å²) in [5, 5.41) is 0. The van der Waals surface area contributed by atoms with Crippen LogP contribution in [0.1, 0.15) is 5.56 Å². The summed E-state index contributed by atoms with van der Waals surface area (Å²) < 4.78 is 1.06. The van der Waals surface area contributed by atoms with Crippen LogP contribution in [0.5, 0.6) is 0 Å². The number of aromatic nitrogens is 2. The fraction of sp³-hybridized carbons (Fsp3) is 0.0769. The Balaban J connectivity index is 2.27. The molecular formula is C13H11BrN2. The van der Waals surface area contributed by atoms with Crippen LogP contribution in [0.15, 0.2) is 53.8 Å². The van der Waals surface area contributed by atoms with E-state index in [1.807, 2.05) is 42.7 Å². The highest BCUT2D eigenvalue weighted by molar-refractivity contribution is 9.10. The molecule has 1 heterocycles. The zero-order chi connectivity index (χ0) is 11.4. The number of hydrogen-bond acceptors (Lipinski definition) is 2. The van der Waals surface area contributed by atoms with Crippen LogP contribution < -0.4 is 0 Å². The zero-order valence-corrected chi connectivity index (χ0v) is 10.3. The highest BCUT2D eigenvalue weighted by Gasteiger charge is 2.00. The highest BCUT2D eigenvalue weighted by atomic mass is 79.9. The summed E-state index contributed by atoms with van der Waals surface area (Å²) in [5.41, 5.74) is 2.10. The number of allylic oxidation sites excluding steroid dienone is 1. The first-order valence-corrected chi connectivity index (χ1v) is 5.76. The van der Waals surface area contributed by atoms with Gasteiger partial charge in [0.05, 0.1) is 0 Å². The van der Waals surface area contributed by atoms with Gasteiger partial charge in [-0.2, -0.15) is 0 Å². The molecule has 0 radical (unpaired) electrons. The van der Waals surface area contributed by atoms with Crippen molar-refractivity contribution in [1.82, 2.24) is 9.97 Å². The van der Waals surface area contributed by atoms with E-state index in [2.05, 4.69) is 32.5 Å². The Morgan fingerprint density at radius 2 is 1.75 bits per heavy atom. The third kappa shape index (κ3) is 2.55. The highest BCUT2D eigenvalue weighted by Crippen LogP contribution is 2.18. The quantitative estimate of drug-likeness (QED) is 0.799. The fourth-order valence-electron chi connectivity index (χ4n) is 1.37. The standard InChI is InChI=1S/C13H11BrN2/c1-2-3-10-8-15-13(16-9-10)11-4-6-12(14)7-5-11/h2,4-9H,1,3H2. The number of hydrogen-bond donors (Lipinski definition) is 0. The molecule has 0 aliphatic rings. The molecule has 1 aromatic heterocycles. The van der Waals surface area contributed by atoms with Gasteiger partial charge in [-0.3, -0.25) is 0 Å². The largest absolute Gasteiger partial charge is 0.236 e. The third-order valence-electron chi connectivity index (χ3n) is 2.19. The van der Waals surface area contributed by atoms with Crippen molar-refractivity contribution in [1.29, 1.82) is 0 Å². The van der Waals surface area contributed by atoms with E-state index in [0.717, 1.165) is 27.8 Å². The van der Waals surface area contributed by atoms with Gasteiger partial charge in [0, 0.05) is 22.4 Å². The van der Waals surface area contributed by atoms with E-state index in [0.29, 0.717) is 0 Å². The number of nitrogens with zero attached hydrogens (tertiary/aromatic N) is 2.